The van der Waals surface area contributed by atoms with E-state index in [9.17, 15) is 4.79 Å². The van der Waals surface area contributed by atoms with Crippen LogP contribution in [0, 0.1) is 0 Å². The predicted molar refractivity (Wildman–Crippen MR) is 105 cm³/mol. The fraction of sp³-hybridized carbons (Fsp3) is 0.381. The van der Waals surface area contributed by atoms with E-state index in [1.165, 1.54) is 5.56 Å². The Kier molecular flexibility index (Phi) is 4.88. The van der Waals surface area contributed by atoms with Gasteiger partial charge in [-0.3, -0.25) is 9.69 Å². The zero-order chi connectivity index (χ0) is 18.0. The number of nitrogens with one attached hydrogen (secondary N) is 1. The lowest BCUT2D eigenvalue weighted by Crippen LogP contribution is -2.56. The fourth-order valence-electron chi connectivity index (χ4n) is 4.18. The molecule has 0 radical (unpaired) electrons. The summed E-state index contributed by atoms with van der Waals surface area (Å²) in [4.78, 5) is 17.4. The molecule has 0 atom stereocenters. The summed E-state index contributed by atoms with van der Waals surface area (Å²) < 4.78 is 0. The van der Waals surface area contributed by atoms with Gasteiger partial charge in [-0.25, -0.2) is 0 Å². The number of piperidine rings is 1. The Balaban J connectivity index is 1.46. The second kappa shape index (κ2) is 7.29. The van der Waals surface area contributed by atoms with Gasteiger partial charge < -0.3 is 10.2 Å². The summed E-state index contributed by atoms with van der Waals surface area (Å²) >= 11 is 5.95. The van der Waals surface area contributed by atoms with E-state index in [1.807, 2.05) is 18.2 Å². The van der Waals surface area contributed by atoms with Gasteiger partial charge in [0.15, 0.2) is 0 Å². The van der Waals surface area contributed by atoms with Crippen LogP contribution in [0.1, 0.15) is 24.0 Å². The maximum Gasteiger partial charge on any atom is 0.247 e. The molecule has 2 heterocycles. The van der Waals surface area contributed by atoms with Gasteiger partial charge in [-0.15, -0.1) is 11.6 Å². The molecule has 0 aromatic heterocycles. The molecule has 0 bridgehead atoms. The van der Waals surface area contributed by atoms with Crippen molar-refractivity contribution in [2.24, 2.45) is 0 Å². The largest absolute Gasteiger partial charge is 0.339 e. The molecule has 0 unspecified atom stereocenters. The minimum atomic E-state index is -0.407. The Morgan fingerprint density at radius 2 is 1.73 bits per heavy atom. The number of nitrogens with zero attached hydrogens (tertiary/aromatic N) is 2. The van der Waals surface area contributed by atoms with Gasteiger partial charge in [0, 0.05) is 31.2 Å². The number of hydrogen-bond donors (Lipinski definition) is 1. The van der Waals surface area contributed by atoms with Crippen molar-refractivity contribution in [1.29, 1.82) is 0 Å². The molecule has 1 spiro atoms. The summed E-state index contributed by atoms with van der Waals surface area (Å²) in [5.74, 6) is 0.716. The first-order valence-electron chi connectivity index (χ1n) is 9.18. The molecule has 0 saturated carbocycles. The highest BCUT2D eigenvalue weighted by molar-refractivity contribution is 6.17. The lowest BCUT2D eigenvalue weighted by molar-refractivity contribution is -0.125. The molecule has 2 aliphatic heterocycles. The Labute approximate surface area is 159 Å². The zero-order valence-electron chi connectivity index (χ0n) is 14.8. The van der Waals surface area contributed by atoms with E-state index in [1.54, 1.807) is 0 Å². The zero-order valence-corrected chi connectivity index (χ0v) is 15.6. The minimum absolute atomic E-state index is 0.171. The molecular weight excluding hydrogens is 346 g/mol. The summed E-state index contributed by atoms with van der Waals surface area (Å²) in [5.41, 5.74) is 3.16. The van der Waals surface area contributed by atoms with Crippen LogP contribution < -0.4 is 10.2 Å². The van der Waals surface area contributed by atoms with E-state index in [2.05, 4.69) is 51.5 Å². The van der Waals surface area contributed by atoms with E-state index < -0.39 is 5.54 Å². The quantitative estimate of drug-likeness (QED) is 0.839. The van der Waals surface area contributed by atoms with Crippen LogP contribution in [0.25, 0.3) is 0 Å². The number of hydrogen-bond acceptors (Lipinski definition) is 3. The van der Waals surface area contributed by atoms with Crippen molar-refractivity contribution < 1.29 is 4.79 Å². The predicted octanol–water partition coefficient (Wildman–Crippen LogP) is 3.35. The van der Waals surface area contributed by atoms with Crippen LogP contribution >= 0.6 is 11.6 Å². The maximum absolute atomic E-state index is 12.7. The van der Waals surface area contributed by atoms with Crippen LogP contribution in [0.5, 0.6) is 0 Å². The molecule has 1 amide bonds. The first-order valence-corrected chi connectivity index (χ1v) is 9.72. The van der Waals surface area contributed by atoms with Crippen molar-refractivity contribution in [3.63, 3.8) is 0 Å². The number of alkyl halides is 1. The third-order valence-corrected chi connectivity index (χ3v) is 5.95. The number of anilines is 1. The maximum atomic E-state index is 12.7. The lowest BCUT2D eigenvalue weighted by Gasteiger charge is -2.43. The third-order valence-electron chi connectivity index (χ3n) is 5.64. The fourth-order valence-corrected chi connectivity index (χ4v) is 4.35. The Hall–Kier alpha value is -2.04. The Morgan fingerprint density at radius 1 is 1.00 bits per heavy atom. The molecule has 26 heavy (non-hydrogen) atoms. The van der Waals surface area contributed by atoms with Gasteiger partial charge >= 0.3 is 0 Å². The Bertz CT molecular complexity index is 772. The molecular formula is C21H24ClN3O. The molecule has 2 aromatic carbocycles. The topological polar surface area (TPSA) is 35.6 Å². The van der Waals surface area contributed by atoms with Crippen LogP contribution in [0.2, 0.25) is 0 Å². The molecule has 2 aliphatic rings. The molecule has 0 aliphatic carbocycles. The van der Waals surface area contributed by atoms with Crippen LogP contribution in [0.3, 0.4) is 0 Å². The molecule has 2 aromatic rings. The van der Waals surface area contributed by atoms with Crippen molar-refractivity contribution >= 4 is 23.2 Å². The molecule has 136 valence electrons. The molecule has 4 nitrogen and oxygen atoms in total. The first kappa shape index (κ1) is 17.4. The van der Waals surface area contributed by atoms with E-state index in [-0.39, 0.29) is 5.91 Å². The van der Waals surface area contributed by atoms with Crippen LogP contribution in [0.4, 0.5) is 5.69 Å². The minimum Gasteiger partial charge on any atom is -0.339 e. The molecule has 2 saturated heterocycles. The monoisotopic (exact) mass is 369 g/mol. The van der Waals surface area contributed by atoms with Gasteiger partial charge in [0.1, 0.15) is 5.54 Å². The lowest BCUT2D eigenvalue weighted by atomic mass is 9.85. The number of carbonyl (C=O) groups excluding carboxylic acids is 1. The van der Waals surface area contributed by atoms with Crippen molar-refractivity contribution in [2.45, 2.75) is 30.8 Å². The van der Waals surface area contributed by atoms with Gasteiger partial charge in [0.05, 0.1) is 6.67 Å². The van der Waals surface area contributed by atoms with E-state index >= 15 is 0 Å². The van der Waals surface area contributed by atoms with Gasteiger partial charge in [-0.2, -0.15) is 0 Å². The van der Waals surface area contributed by atoms with E-state index in [4.69, 9.17) is 11.6 Å². The number of rotatable bonds is 4. The Morgan fingerprint density at radius 3 is 2.46 bits per heavy atom. The standard InChI is InChI=1S/C21H24ClN3O/c22-14-17-5-4-6-18(13-17)15-24-11-9-21(10-12-24)20(26)23-16-25(21)19-7-2-1-3-8-19/h1-8,13H,9-12,14-16H2,(H,23,26). The van der Waals surface area contributed by atoms with Crippen molar-refractivity contribution in [1.82, 2.24) is 10.2 Å². The second-order valence-electron chi connectivity index (χ2n) is 7.19. The summed E-state index contributed by atoms with van der Waals surface area (Å²) in [6.45, 7) is 3.35. The second-order valence-corrected chi connectivity index (χ2v) is 7.46. The normalized spacial score (nSPS) is 19.7. The smallest absolute Gasteiger partial charge is 0.247 e. The number of carbonyl (C=O) groups is 1. The average Bonchev–Trinajstić information content (AvgIpc) is 3.00. The van der Waals surface area contributed by atoms with Crippen molar-refractivity contribution in [2.75, 3.05) is 24.7 Å². The highest BCUT2D eigenvalue weighted by Crippen LogP contribution is 2.36. The van der Waals surface area contributed by atoms with E-state index in [0.29, 0.717) is 12.5 Å². The van der Waals surface area contributed by atoms with Gasteiger partial charge in [-0.05, 0) is 36.1 Å². The molecule has 5 heteroatoms. The van der Waals surface area contributed by atoms with Crippen LogP contribution in [0.15, 0.2) is 54.6 Å². The number of amides is 1. The summed E-state index contributed by atoms with van der Waals surface area (Å²) in [5, 5.41) is 3.06. The van der Waals surface area contributed by atoms with Gasteiger partial charge in [0.2, 0.25) is 5.91 Å². The number of halogens is 1. The van der Waals surface area contributed by atoms with Crippen molar-refractivity contribution in [3.05, 3.63) is 65.7 Å². The number of likely N-dealkylation sites (tertiary alicyclic amines) is 1. The van der Waals surface area contributed by atoms with Crippen LogP contribution in [-0.2, 0) is 17.2 Å². The first-order chi connectivity index (χ1) is 12.7. The third kappa shape index (κ3) is 3.19. The number of benzene rings is 2. The SMILES string of the molecule is O=C1NCN(c2ccccc2)C12CCN(Cc1cccc(CCl)c1)CC2. The highest BCUT2D eigenvalue weighted by Gasteiger charge is 2.50. The molecule has 1 N–H and O–H groups in total. The summed E-state index contributed by atoms with van der Waals surface area (Å²) in [7, 11) is 0. The van der Waals surface area contributed by atoms with Crippen molar-refractivity contribution in [3.8, 4) is 0 Å². The molecule has 2 fully saturated rings. The van der Waals surface area contributed by atoms with E-state index in [0.717, 1.165) is 43.7 Å². The summed E-state index contributed by atoms with van der Waals surface area (Å²) in [6.07, 6.45) is 1.70. The molecule has 4 rings (SSSR count). The average molecular weight is 370 g/mol. The van der Waals surface area contributed by atoms with Crippen LogP contribution in [-0.4, -0.2) is 36.1 Å². The highest BCUT2D eigenvalue weighted by atomic mass is 35.5. The van der Waals surface area contributed by atoms with Gasteiger partial charge in [-0.1, -0.05) is 42.5 Å². The summed E-state index contributed by atoms with van der Waals surface area (Å²) in [6, 6.07) is 18.7. The number of para-hydroxylation sites is 1. The van der Waals surface area contributed by atoms with Gasteiger partial charge in [0.25, 0.3) is 0 Å².